The number of benzene rings is 1. The normalized spacial score (nSPS) is 24.1. The minimum absolute atomic E-state index is 0.462. The first-order valence-electron chi connectivity index (χ1n) is 7.70. The summed E-state index contributed by atoms with van der Waals surface area (Å²) in [4.78, 5) is 3.97. The molecule has 2 aromatic rings. The summed E-state index contributed by atoms with van der Waals surface area (Å²) in [7, 11) is 0. The van der Waals surface area contributed by atoms with E-state index in [-0.39, 0.29) is 0 Å². The topological polar surface area (TPSA) is 42.7 Å². The Balaban J connectivity index is 1.62. The van der Waals surface area contributed by atoms with E-state index in [1.807, 2.05) is 4.68 Å². The van der Waals surface area contributed by atoms with Gasteiger partial charge < -0.3 is 5.32 Å². The van der Waals surface area contributed by atoms with Crippen molar-refractivity contribution in [1.29, 1.82) is 0 Å². The van der Waals surface area contributed by atoms with Gasteiger partial charge >= 0.3 is 0 Å². The van der Waals surface area contributed by atoms with E-state index in [1.54, 1.807) is 12.7 Å². The van der Waals surface area contributed by atoms with Gasteiger partial charge in [0.05, 0.1) is 6.54 Å². The molecule has 0 spiro atoms. The lowest BCUT2D eigenvalue weighted by atomic mass is 9.91. The van der Waals surface area contributed by atoms with Crippen molar-refractivity contribution in [1.82, 2.24) is 14.8 Å². The van der Waals surface area contributed by atoms with Crippen LogP contribution in [0.5, 0.6) is 0 Å². The van der Waals surface area contributed by atoms with Crippen molar-refractivity contribution in [2.75, 3.05) is 5.32 Å². The predicted octanol–water partition coefficient (Wildman–Crippen LogP) is 3.56. The Morgan fingerprint density at radius 1 is 1.24 bits per heavy atom. The monoisotopic (exact) mass is 284 g/mol. The molecule has 0 radical (unpaired) electrons. The smallest absolute Gasteiger partial charge is 0.137 e. The van der Waals surface area contributed by atoms with Crippen molar-refractivity contribution in [2.24, 2.45) is 11.3 Å². The molecule has 1 aromatic heterocycles. The zero-order valence-electron chi connectivity index (χ0n) is 13.1. The minimum Gasteiger partial charge on any atom is -0.382 e. The molecular weight excluding hydrogens is 260 g/mol. The van der Waals surface area contributed by atoms with Crippen LogP contribution in [0.1, 0.15) is 39.2 Å². The van der Waals surface area contributed by atoms with Crippen molar-refractivity contribution < 1.29 is 0 Å². The molecule has 112 valence electrons. The fourth-order valence-electron chi connectivity index (χ4n) is 3.51. The molecule has 2 atom stereocenters. The highest BCUT2D eigenvalue weighted by atomic mass is 15.3. The second kappa shape index (κ2) is 5.51. The third-order valence-corrected chi connectivity index (χ3v) is 4.45. The van der Waals surface area contributed by atoms with E-state index in [9.17, 15) is 0 Å². The molecule has 1 aromatic carbocycles. The van der Waals surface area contributed by atoms with Gasteiger partial charge in [-0.15, -0.1) is 0 Å². The van der Waals surface area contributed by atoms with Gasteiger partial charge in [-0.3, -0.25) is 0 Å². The lowest BCUT2D eigenvalue weighted by Crippen LogP contribution is -2.22. The fourth-order valence-corrected chi connectivity index (χ4v) is 3.51. The highest BCUT2D eigenvalue weighted by Crippen LogP contribution is 2.42. The summed E-state index contributed by atoms with van der Waals surface area (Å²) in [5, 5.41) is 7.83. The zero-order valence-corrected chi connectivity index (χ0v) is 13.1. The third-order valence-electron chi connectivity index (χ3n) is 4.45. The molecule has 0 saturated heterocycles. The predicted molar refractivity (Wildman–Crippen MR) is 85.2 cm³/mol. The maximum absolute atomic E-state index is 4.13. The van der Waals surface area contributed by atoms with Crippen molar-refractivity contribution in [2.45, 2.75) is 46.2 Å². The van der Waals surface area contributed by atoms with Gasteiger partial charge in [0.1, 0.15) is 12.7 Å². The van der Waals surface area contributed by atoms with Gasteiger partial charge in [0.15, 0.2) is 0 Å². The van der Waals surface area contributed by atoms with Crippen LogP contribution < -0.4 is 5.32 Å². The summed E-state index contributed by atoms with van der Waals surface area (Å²) in [5.74, 6) is 0.731. The maximum Gasteiger partial charge on any atom is 0.137 e. The van der Waals surface area contributed by atoms with Gasteiger partial charge in [-0.05, 0) is 41.9 Å². The second-order valence-corrected chi connectivity index (χ2v) is 7.09. The van der Waals surface area contributed by atoms with Crippen LogP contribution in [0.2, 0.25) is 0 Å². The summed E-state index contributed by atoms with van der Waals surface area (Å²) >= 11 is 0. The number of nitrogens with one attached hydrogen (secondary N) is 1. The van der Waals surface area contributed by atoms with Crippen LogP contribution in [-0.4, -0.2) is 20.8 Å². The molecule has 1 saturated carbocycles. The van der Waals surface area contributed by atoms with Crippen LogP contribution in [0.3, 0.4) is 0 Å². The van der Waals surface area contributed by atoms with Crippen LogP contribution >= 0.6 is 0 Å². The fraction of sp³-hybridized carbons (Fsp3) is 0.529. The molecule has 21 heavy (non-hydrogen) atoms. The molecule has 4 heteroatoms. The van der Waals surface area contributed by atoms with Crippen LogP contribution in [0.15, 0.2) is 36.9 Å². The quantitative estimate of drug-likeness (QED) is 0.933. The summed E-state index contributed by atoms with van der Waals surface area (Å²) in [6.07, 6.45) is 5.86. The average molecular weight is 284 g/mol. The first kappa shape index (κ1) is 14.1. The molecule has 1 heterocycles. The van der Waals surface area contributed by atoms with E-state index in [1.165, 1.54) is 24.1 Å². The molecular formula is C17H24N4. The Hall–Kier alpha value is -1.84. The van der Waals surface area contributed by atoms with Crippen LogP contribution in [0.25, 0.3) is 0 Å². The van der Waals surface area contributed by atoms with E-state index in [2.05, 4.69) is 60.4 Å². The Labute approximate surface area is 126 Å². The van der Waals surface area contributed by atoms with Gasteiger partial charge in [0, 0.05) is 11.7 Å². The van der Waals surface area contributed by atoms with E-state index in [4.69, 9.17) is 0 Å². The molecule has 0 aliphatic heterocycles. The molecule has 0 bridgehead atoms. The molecule has 3 rings (SSSR count). The second-order valence-electron chi connectivity index (χ2n) is 7.09. The lowest BCUT2D eigenvalue weighted by molar-refractivity contribution is 0.366. The Kier molecular flexibility index (Phi) is 3.70. The SMILES string of the molecule is CC1CC(C)(C)CC1Nc1ccc(Cn2cncn2)cc1. The van der Waals surface area contributed by atoms with Crippen molar-refractivity contribution >= 4 is 5.69 Å². The number of rotatable bonds is 4. The van der Waals surface area contributed by atoms with Gasteiger partial charge in [0.25, 0.3) is 0 Å². The molecule has 1 aliphatic carbocycles. The Morgan fingerprint density at radius 3 is 2.57 bits per heavy atom. The van der Waals surface area contributed by atoms with Crippen molar-refractivity contribution in [3.05, 3.63) is 42.5 Å². The number of nitrogens with zero attached hydrogens (tertiary/aromatic N) is 3. The standard InChI is InChI=1S/C17H24N4/c1-13-8-17(2,3)9-16(13)20-15-6-4-14(5-7-15)10-21-12-18-11-19-21/h4-7,11-13,16,20H,8-10H2,1-3H3. The minimum atomic E-state index is 0.462. The van der Waals surface area contributed by atoms with Gasteiger partial charge in [-0.1, -0.05) is 32.9 Å². The largest absolute Gasteiger partial charge is 0.382 e. The van der Waals surface area contributed by atoms with Crippen LogP contribution in [0, 0.1) is 11.3 Å². The zero-order chi connectivity index (χ0) is 14.9. The van der Waals surface area contributed by atoms with Gasteiger partial charge in [-0.25, -0.2) is 9.67 Å². The van der Waals surface area contributed by atoms with Crippen molar-refractivity contribution in [3.63, 3.8) is 0 Å². The first-order chi connectivity index (χ1) is 10.0. The van der Waals surface area contributed by atoms with Crippen LogP contribution in [-0.2, 0) is 6.54 Å². The lowest BCUT2D eigenvalue weighted by Gasteiger charge is -2.20. The van der Waals surface area contributed by atoms with E-state index in [0.717, 1.165) is 12.5 Å². The van der Waals surface area contributed by atoms with E-state index < -0.39 is 0 Å². The number of anilines is 1. The summed E-state index contributed by atoms with van der Waals surface area (Å²) < 4.78 is 1.84. The summed E-state index contributed by atoms with van der Waals surface area (Å²) in [6.45, 7) is 7.86. The molecule has 1 N–H and O–H groups in total. The first-order valence-corrected chi connectivity index (χ1v) is 7.70. The molecule has 1 fully saturated rings. The number of hydrogen-bond donors (Lipinski definition) is 1. The summed E-state index contributed by atoms with van der Waals surface area (Å²) in [6, 6.07) is 9.25. The Bertz CT molecular complexity index is 571. The van der Waals surface area contributed by atoms with Crippen molar-refractivity contribution in [3.8, 4) is 0 Å². The van der Waals surface area contributed by atoms with E-state index >= 15 is 0 Å². The maximum atomic E-state index is 4.13. The molecule has 2 unspecified atom stereocenters. The van der Waals surface area contributed by atoms with Gasteiger partial charge in [0.2, 0.25) is 0 Å². The molecule has 0 amide bonds. The van der Waals surface area contributed by atoms with Gasteiger partial charge in [-0.2, -0.15) is 5.10 Å². The van der Waals surface area contributed by atoms with Crippen LogP contribution in [0.4, 0.5) is 5.69 Å². The third kappa shape index (κ3) is 3.43. The number of hydrogen-bond acceptors (Lipinski definition) is 3. The molecule has 1 aliphatic rings. The average Bonchev–Trinajstić information content (AvgIpc) is 3.00. The van der Waals surface area contributed by atoms with E-state index in [0.29, 0.717) is 11.5 Å². The highest BCUT2D eigenvalue weighted by Gasteiger charge is 2.36. The number of aromatic nitrogens is 3. The summed E-state index contributed by atoms with van der Waals surface area (Å²) in [5.41, 5.74) is 2.92. The Morgan fingerprint density at radius 2 is 2.00 bits per heavy atom. The highest BCUT2D eigenvalue weighted by molar-refractivity contribution is 5.46. The molecule has 4 nitrogen and oxygen atoms in total.